The number of halogens is 2. The fourth-order valence-corrected chi connectivity index (χ4v) is 7.01. The highest BCUT2D eigenvalue weighted by atomic mass is 19.1. The topological polar surface area (TPSA) is 61.8 Å². The number of nitrogens with zero attached hydrogens (tertiary/aromatic N) is 5. The average Bonchev–Trinajstić information content (AvgIpc) is 3.53. The fraction of sp³-hybridized carbons (Fsp3) is 0.500. The summed E-state index contributed by atoms with van der Waals surface area (Å²) in [5.41, 5.74) is 1.43. The first-order chi connectivity index (χ1) is 20.6. The first-order valence-electron chi connectivity index (χ1n) is 15.4. The molecule has 1 aromatic heterocycles. The lowest BCUT2D eigenvalue weighted by molar-refractivity contribution is 0.0640. The van der Waals surface area contributed by atoms with Crippen molar-refractivity contribution < 1.29 is 18.3 Å². The maximum absolute atomic E-state index is 14.4. The van der Waals surface area contributed by atoms with E-state index in [1.807, 2.05) is 39.8 Å². The van der Waals surface area contributed by atoms with Crippen molar-refractivity contribution in [2.24, 2.45) is 5.41 Å². The van der Waals surface area contributed by atoms with E-state index in [2.05, 4.69) is 26.7 Å². The molecule has 7 nitrogen and oxygen atoms in total. The van der Waals surface area contributed by atoms with Gasteiger partial charge in [0.2, 0.25) is 0 Å². The number of anilines is 1. The average molecular weight is 592 g/mol. The summed E-state index contributed by atoms with van der Waals surface area (Å²) in [6.45, 7) is 13.7. The van der Waals surface area contributed by atoms with Crippen LogP contribution in [-0.2, 0) is 6.42 Å². The molecule has 0 N–H and O–H groups in total. The molecule has 5 rings (SSSR count). The summed E-state index contributed by atoms with van der Waals surface area (Å²) in [7, 11) is 0. The van der Waals surface area contributed by atoms with Crippen molar-refractivity contribution >= 4 is 11.7 Å². The van der Waals surface area contributed by atoms with Crippen molar-refractivity contribution in [1.82, 2.24) is 19.8 Å². The van der Waals surface area contributed by atoms with Crippen LogP contribution in [0.5, 0.6) is 11.5 Å². The Morgan fingerprint density at radius 1 is 1.05 bits per heavy atom. The second-order valence-electron chi connectivity index (χ2n) is 12.7. The summed E-state index contributed by atoms with van der Waals surface area (Å²) in [5, 5.41) is 0. The molecule has 0 saturated carbocycles. The van der Waals surface area contributed by atoms with E-state index in [9.17, 15) is 13.6 Å². The molecule has 2 fully saturated rings. The van der Waals surface area contributed by atoms with Crippen LogP contribution in [0.2, 0.25) is 0 Å². The summed E-state index contributed by atoms with van der Waals surface area (Å²) in [6.07, 6.45) is 7.18. The molecule has 1 spiro atoms. The number of carbonyl (C=O) groups is 1. The van der Waals surface area contributed by atoms with Gasteiger partial charge in [0.25, 0.3) is 5.91 Å². The molecule has 0 bridgehead atoms. The van der Waals surface area contributed by atoms with Crippen LogP contribution in [0.3, 0.4) is 0 Å². The minimum absolute atomic E-state index is 0.0643. The monoisotopic (exact) mass is 591 g/mol. The highest BCUT2D eigenvalue weighted by molar-refractivity contribution is 5.97. The van der Waals surface area contributed by atoms with Crippen molar-refractivity contribution in [3.8, 4) is 11.5 Å². The number of carbonyl (C=O) groups excluding carboxylic acids is 1. The molecule has 2 saturated heterocycles. The van der Waals surface area contributed by atoms with Crippen LogP contribution in [0.25, 0.3) is 0 Å². The van der Waals surface area contributed by atoms with Crippen molar-refractivity contribution in [1.29, 1.82) is 0 Å². The van der Waals surface area contributed by atoms with Gasteiger partial charge < -0.3 is 14.5 Å². The number of rotatable bonds is 10. The van der Waals surface area contributed by atoms with E-state index >= 15 is 0 Å². The van der Waals surface area contributed by atoms with Gasteiger partial charge in [0.15, 0.2) is 11.6 Å². The van der Waals surface area contributed by atoms with E-state index in [0.717, 1.165) is 57.4 Å². The van der Waals surface area contributed by atoms with Gasteiger partial charge in [0.05, 0.1) is 11.8 Å². The van der Waals surface area contributed by atoms with E-state index < -0.39 is 5.82 Å². The van der Waals surface area contributed by atoms with Crippen LogP contribution in [-0.4, -0.2) is 70.0 Å². The van der Waals surface area contributed by atoms with Crippen LogP contribution in [0, 0.1) is 17.0 Å². The number of amides is 1. The Labute approximate surface area is 253 Å². The molecule has 3 aromatic rings. The Balaban J connectivity index is 1.37. The number of aromatic nitrogens is 2. The number of likely N-dealkylation sites (tertiary alicyclic amines) is 1. The quantitative estimate of drug-likeness (QED) is 0.261. The molecule has 1 amide bonds. The normalized spacial score (nSPS) is 20.5. The van der Waals surface area contributed by atoms with Crippen LogP contribution >= 0.6 is 0 Å². The maximum Gasteiger partial charge on any atom is 0.258 e. The van der Waals surface area contributed by atoms with Gasteiger partial charge in [-0.1, -0.05) is 19.1 Å². The van der Waals surface area contributed by atoms with Gasteiger partial charge in [-0.05, 0) is 95.8 Å². The largest absolute Gasteiger partial charge is 0.451 e. The third kappa shape index (κ3) is 6.82. The van der Waals surface area contributed by atoms with Crippen molar-refractivity contribution in [2.75, 3.05) is 31.1 Å². The van der Waals surface area contributed by atoms with Crippen LogP contribution in [0.1, 0.15) is 69.8 Å². The fourth-order valence-electron chi connectivity index (χ4n) is 7.01. The summed E-state index contributed by atoms with van der Waals surface area (Å²) in [6, 6.07) is 11.2. The SMILES string of the molecule is CCCN1CC2(CCN(c3ncncc3Oc3ccc(F)cc3C(=O)N(C(C)C)C(C)C)C2)CC1Cc1ccc(F)cc1. The Kier molecular flexibility index (Phi) is 9.30. The molecule has 43 heavy (non-hydrogen) atoms. The van der Waals surface area contributed by atoms with E-state index in [-0.39, 0.29) is 40.5 Å². The Bertz CT molecular complexity index is 1410. The number of ether oxygens (including phenoxy) is 1. The predicted molar refractivity (Wildman–Crippen MR) is 165 cm³/mol. The molecule has 2 aliphatic rings. The number of hydrogen-bond donors (Lipinski definition) is 0. The first kappa shape index (κ1) is 30.9. The molecular formula is C34H43F2N5O2. The molecule has 2 atom stereocenters. The molecule has 230 valence electrons. The lowest BCUT2D eigenvalue weighted by Gasteiger charge is -2.31. The van der Waals surface area contributed by atoms with Crippen LogP contribution < -0.4 is 9.64 Å². The third-order valence-electron chi connectivity index (χ3n) is 8.75. The number of hydrogen-bond acceptors (Lipinski definition) is 6. The van der Waals surface area contributed by atoms with Gasteiger partial charge in [-0.3, -0.25) is 9.69 Å². The van der Waals surface area contributed by atoms with Crippen LogP contribution in [0.4, 0.5) is 14.6 Å². The molecule has 0 aliphatic carbocycles. The minimum Gasteiger partial charge on any atom is -0.451 e. The predicted octanol–water partition coefficient (Wildman–Crippen LogP) is 6.73. The second kappa shape index (κ2) is 13.0. The van der Waals surface area contributed by atoms with Crippen molar-refractivity contribution in [2.45, 2.75) is 78.4 Å². The summed E-state index contributed by atoms with van der Waals surface area (Å²) < 4.78 is 34.3. The Hall–Kier alpha value is -3.59. The Morgan fingerprint density at radius 2 is 1.77 bits per heavy atom. The van der Waals surface area contributed by atoms with E-state index in [0.29, 0.717) is 17.6 Å². The summed E-state index contributed by atoms with van der Waals surface area (Å²) in [5.74, 6) is 0.391. The maximum atomic E-state index is 14.4. The minimum atomic E-state index is -0.498. The number of benzene rings is 2. The molecular weight excluding hydrogens is 548 g/mol. The molecule has 2 aliphatic heterocycles. The lowest BCUT2D eigenvalue weighted by atomic mass is 9.83. The highest BCUT2D eigenvalue weighted by Crippen LogP contribution is 2.46. The zero-order chi connectivity index (χ0) is 30.7. The van der Waals surface area contributed by atoms with Crippen molar-refractivity contribution in [3.63, 3.8) is 0 Å². The summed E-state index contributed by atoms with van der Waals surface area (Å²) in [4.78, 5) is 29.0. The Morgan fingerprint density at radius 3 is 2.47 bits per heavy atom. The molecule has 2 unspecified atom stereocenters. The smallest absolute Gasteiger partial charge is 0.258 e. The van der Waals surface area contributed by atoms with Gasteiger partial charge in [-0.15, -0.1) is 0 Å². The molecule has 3 heterocycles. The molecule has 2 aromatic carbocycles. The highest BCUT2D eigenvalue weighted by Gasteiger charge is 2.48. The van der Waals surface area contributed by atoms with Gasteiger partial charge in [0, 0.05) is 43.2 Å². The zero-order valence-corrected chi connectivity index (χ0v) is 25.9. The van der Waals surface area contributed by atoms with Crippen molar-refractivity contribution in [3.05, 3.63) is 77.8 Å². The lowest BCUT2D eigenvalue weighted by Crippen LogP contribution is -2.42. The van der Waals surface area contributed by atoms with Gasteiger partial charge in [0.1, 0.15) is 23.7 Å². The van der Waals surface area contributed by atoms with Crippen LogP contribution in [0.15, 0.2) is 55.0 Å². The van der Waals surface area contributed by atoms with Gasteiger partial charge in [-0.25, -0.2) is 18.7 Å². The third-order valence-corrected chi connectivity index (χ3v) is 8.75. The van der Waals surface area contributed by atoms with E-state index in [1.165, 1.54) is 24.5 Å². The first-order valence-corrected chi connectivity index (χ1v) is 15.4. The summed E-state index contributed by atoms with van der Waals surface area (Å²) >= 11 is 0. The molecule has 0 radical (unpaired) electrons. The zero-order valence-electron chi connectivity index (χ0n) is 25.9. The molecule has 9 heteroatoms. The van der Waals surface area contributed by atoms with E-state index in [1.54, 1.807) is 23.2 Å². The standard InChI is InChI=1S/C34H43F2N5O2/c1-6-14-39-20-34(18-28(39)16-25-7-9-26(35)10-8-25)13-15-40(21-34)32-31(19-37-22-38-32)43-30-12-11-27(36)17-29(30)33(42)41(23(2)3)24(4)5/h7-12,17,19,22-24,28H,6,13-16,18,20-21H2,1-5H3. The van der Waals surface area contributed by atoms with Gasteiger partial charge >= 0.3 is 0 Å². The second-order valence-corrected chi connectivity index (χ2v) is 12.7. The van der Waals surface area contributed by atoms with Gasteiger partial charge in [-0.2, -0.15) is 0 Å². The van der Waals surface area contributed by atoms with E-state index in [4.69, 9.17) is 4.74 Å².